The molecule has 0 bridgehead atoms. The van der Waals surface area contributed by atoms with Crippen LogP contribution in [-0.2, 0) is 4.79 Å². The maximum absolute atomic E-state index is 13.1. The zero-order valence-corrected chi connectivity index (χ0v) is 12.3. The average Bonchev–Trinajstić information content (AvgIpc) is 2.92. The van der Waals surface area contributed by atoms with Crippen molar-refractivity contribution in [1.29, 1.82) is 0 Å². The van der Waals surface area contributed by atoms with E-state index in [4.69, 9.17) is 11.6 Å². The quantitative estimate of drug-likeness (QED) is 0.883. The number of benzene rings is 1. The molecule has 7 heteroatoms. The topological polar surface area (TPSA) is 54.0 Å². The molecule has 0 fully saturated rings. The Labute approximate surface area is 125 Å². The number of halogens is 2. The van der Waals surface area contributed by atoms with E-state index in [-0.39, 0.29) is 10.9 Å². The fourth-order valence-corrected chi connectivity index (χ4v) is 2.33. The summed E-state index contributed by atoms with van der Waals surface area (Å²) in [7, 11) is 0. The van der Waals surface area contributed by atoms with Crippen LogP contribution < -0.4 is 10.6 Å². The highest BCUT2D eigenvalue weighted by Gasteiger charge is 2.17. The van der Waals surface area contributed by atoms with E-state index >= 15 is 0 Å². The number of nitrogens with one attached hydrogen (secondary N) is 2. The normalized spacial score (nSPS) is 11.9. The first-order valence-electron chi connectivity index (χ1n) is 6.02. The number of nitrogens with zero attached hydrogens (tertiary/aromatic N) is 1. The van der Waals surface area contributed by atoms with Gasteiger partial charge in [0, 0.05) is 17.3 Å². The van der Waals surface area contributed by atoms with E-state index in [0.29, 0.717) is 17.2 Å². The molecule has 0 aliphatic rings. The molecule has 0 aliphatic heterocycles. The van der Waals surface area contributed by atoms with E-state index in [1.165, 1.54) is 23.5 Å². The number of carbonyl (C=O) groups is 1. The Hall–Kier alpha value is -1.66. The monoisotopic (exact) mass is 313 g/mol. The molecular weight excluding hydrogens is 301 g/mol. The third-order valence-corrected chi connectivity index (χ3v) is 3.63. The number of hydrogen-bond donors (Lipinski definition) is 2. The molecule has 2 N–H and O–H groups in total. The molecule has 1 aromatic heterocycles. The summed E-state index contributed by atoms with van der Waals surface area (Å²) < 4.78 is 13.1. The van der Waals surface area contributed by atoms with Crippen LogP contribution in [0.3, 0.4) is 0 Å². The van der Waals surface area contributed by atoms with Gasteiger partial charge in [-0.15, -0.1) is 11.3 Å². The summed E-state index contributed by atoms with van der Waals surface area (Å²) in [6, 6.07) is 3.81. The van der Waals surface area contributed by atoms with Crippen LogP contribution in [-0.4, -0.2) is 16.9 Å². The van der Waals surface area contributed by atoms with Gasteiger partial charge in [-0.05, 0) is 24.6 Å². The molecule has 2 rings (SSSR count). The van der Waals surface area contributed by atoms with E-state index in [1.807, 2.05) is 6.92 Å². The number of anilines is 2. The fraction of sp³-hybridized carbons (Fsp3) is 0.231. The van der Waals surface area contributed by atoms with E-state index in [2.05, 4.69) is 15.6 Å². The zero-order valence-electron chi connectivity index (χ0n) is 10.7. The van der Waals surface area contributed by atoms with Gasteiger partial charge in [0.1, 0.15) is 11.9 Å². The lowest BCUT2D eigenvalue weighted by molar-refractivity contribution is -0.116. The van der Waals surface area contributed by atoms with Crippen LogP contribution >= 0.6 is 22.9 Å². The molecule has 0 unspecified atom stereocenters. The van der Waals surface area contributed by atoms with Crippen molar-refractivity contribution in [3.05, 3.63) is 40.6 Å². The third-order valence-electron chi connectivity index (χ3n) is 2.65. The van der Waals surface area contributed by atoms with Crippen LogP contribution in [0.2, 0.25) is 5.02 Å². The fourth-order valence-electron chi connectivity index (χ4n) is 1.62. The van der Waals surface area contributed by atoms with E-state index in [1.54, 1.807) is 17.6 Å². The van der Waals surface area contributed by atoms with Gasteiger partial charge < -0.3 is 10.6 Å². The molecule has 1 aromatic carbocycles. The van der Waals surface area contributed by atoms with Crippen molar-refractivity contribution >= 4 is 39.7 Å². The molecule has 1 heterocycles. The summed E-state index contributed by atoms with van der Waals surface area (Å²) in [4.78, 5) is 16.1. The second-order valence-corrected chi connectivity index (χ2v) is 5.36. The lowest BCUT2D eigenvalue weighted by Gasteiger charge is -2.17. The molecule has 106 valence electrons. The molecule has 1 amide bonds. The molecule has 1 atom stereocenters. The number of amides is 1. The predicted octanol–water partition coefficient (Wildman–Crippen LogP) is 3.76. The first-order valence-corrected chi connectivity index (χ1v) is 7.28. The van der Waals surface area contributed by atoms with E-state index < -0.39 is 11.9 Å². The summed E-state index contributed by atoms with van der Waals surface area (Å²) in [6.45, 7) is 1.88. The van der Waals surface area contributed by atoms with Gasteiger partial charge in [0.25, 0.3) is 0 Å². The van der Waals surface area contributed by atoms with Gasteiger partial charge in [-0.3, -0.25) is 4.79 Å². The molecule has 0 aliphatic carbocycles. The Balaban J connectivity index is 2.04. The smallest absolute Gasteiger partial charge is 0.248 e. The summed E-state index contributed by atoms with van der Waals surface area (Å²) in [5, 5.41) is 8.09. The highest BCUT2D eigenvalue weighted by atomic mass is 35.5. The van der Waals surface area contributed by atoms with Crippen LogP contribution in [0.15, 0.2) is 29.8 Å². The van der Waals surface area contributed by atoms with Gasteiger partial charge in [-0.2, -0.15) is 0 Å². The minimum atomic E-state index is -0.488. The number of aromatic nitrogens is 1. The average molecular weight is 314 g/mol. The second kappa shape index (κ2) is 6.67. The molecule has 0 spiro atoms. The minimum Gasteiger partial charge on any atom is -0.374 e. The first-order chi connectivity index (χ1) is 9.60. The largest absolute Gasteiger partial charge is 0.374 e. The summed E-state index contributed by atoms with van der Waals surface area (Å²) in [6.07, 6.45) is 2.20. The summed E-state index contributed by atoms with van der Waals surface area (Å²) in [5.41, 5.74) is 0.595. The van der Waals surface area contributed by atoms with Gasteiger partial charge in [0.15, 0.2) is 5.13 Å². The SMILES string of the molecule is CC[C@H](Nc1ccc(F)c(Cl)c1)C(=O)Nc1nccs1. The molecule has 20 heavy (non-hydrogen) atoms. The van der Waals surface area contributed by atoms with Crippen LogP contribution in [0, 0.1) is 5.82 Å². The van der Waals surface area contributed by atoms with Crippen molar-refractivity contribution in [1.82, 2.24) is 4.98 Å². The number of hydrogen-bond acceptors (Lipinski definition) is 4. The number of rotatable bonds is 5. The Morgan fingerprint density at radius 3 is 2.95 bits per heavy atom. The molecule has 0 saturated heterocycles. The summed E-state index contributed by atoms with van der Waals surface area (Å²) >= 11 is 7.06. The van der Waals surface area contributed by atoms with Crippen LogP contribution in [0.4, 0.5) is 15.2 Å². The third kappa shape index (κ3) is 3.68. The van der Waals surface area contributed by atoms with Crippen molar-refractivity contribution in [2.45, 2.75) is 19.4 Å². The van der Waals surface area contributed by atoms with Crippen molar-refractivity contribution in [2.75, 3.05) is 10.6 Å². The van der Waals surface area contributed by atoms with Gasteiger partial charge in [-0.25, -0.2) is 9.37 Å². The standard InChI is InChI=1S/C13H13ClFN3OS/c1-2-11(12(19)18-13-16-5-6-20-13)17-8-3-4-10(15)9(14)7-8/h3-7,11,17H,2H2,1H3,(H,16,18,19)/t11-/m0/s1. The highest BCUT2D eigenvalue weighted by molar-refractivity contribution is 7.13. The Kier molecular flexibility index (Phi) is 4.92. The van der Waals surface area contributed by atoms with Crippen LogP contribution in [0.25, 0.3) is 0 Å². The Morgan fingerprint density at radius 2 is 2.35 bits per heavy atom. The minimum absolute atomic E-state index is 0.0187. The number of thiazole rings is 1. The van der Waals surface area contributed by atoms with Gasteiger partial charge in [0.2, 0.25) is 5.91 Å². The van der Waals surface area contributed by atoms with E-state index in [0.717, 1.165) is 0 Å². The Bertz CT molecular complexity index is 591. The summed E-state index contributed by atoms with van der Waals surface area (Å²) in [5.74, 6) is -0.680. The maximum atomic E-state index is 13.1. The molecule has 4 nitrogen and oxygen atoms in total. The first kappa shape index (κ1) is 14.7. The van der Waals surface area contributed by atoms with Gasteiger partial charge in [0.05, 0.1) is 5.02 Å². The van der Waals surface area contributed by atoms with Gasteiger partial charge in [-0.1, -0.05) is 18.5 Å². The van der Waals surface area contributed by atoms with Crippen molar-refractivity contribution < 1.29 is 9.18 Å². The lowest BCUT2D eigenvalue weighted by atomic mass is 10.2. The number of carbonyl (C=O) groups excluding carboxylic acids is 1. The highest BCUT2D eigenvalue weighted by Crippen LogP contribution is 2.21. The van der Waals surface area contributed by atoms with Crippen LogP contribution in [0.5, 0.6) is 0 Å². The van der Waals surface area contributed by atoms with Crippen molar-refractivity contribution in [3.63, 3.8) is 0 Å². The predicted molar refractivity (Wildman–Crippen MR) is 79.9 cm³/mol. The van der Waals surface area contributed by atoms with Crippen molar-refractivity contribution in [3.8, 4) is 0 Å². The molecular formula is C13H13ClFN3OS. The Morgan fingerprint density at radius 1 is 1.55 bits per heavy atom. The van der Waals surface area contributed by atoms with Crippen molar-refractivity contribution in [2.24, 2.45) is 0 Å². The molecule has 2 aromatic rings. The van der Waals surface area contributed by atoms with E-state index in [9.17, 15) is 9.18 Å². The zero-order chi connectivity index (χ0) is 14.5. The van der Waals surface area contributed by atoms with Crippen LogP contribution in [0.1, 0.15) is 13.3 Å². The molecule has 0 radical (unpaired) electrons. The second-order valence-electron chi connectivity index (χ2n) is 4.06. The molecule has 0 saturated carbocycles. The maximum Gasteiger partial charge on any atom is 0.248 e. The van der Waals surface area contributed by atoms with Gasteiger partial charge >= 0.3 is 0 Å². The lowest BCUT2D eigenvalue weighted by Crippen LogP contribution is -2.34.